The second-order valence-electron chi connectivity index (χ2n) is 8.29. The van der Waals surface area contributed by atoms with E-state index in [0.29, 0.717) is 25.0 Å². The molecule has 2 heterocycles. The minimum absolute atomic E-state index is 0.0905. The van der Waals surface area contributed by atoms with E-state index < -0.39 is 0 Å². The number of hydrogen-bond acceptors (Lipinski definition) is 7. The van der Waals surface area contributed by atoms with E-state index in [4.69, 9.17) is 5.11 Å². The average molecular weight is 423 g/mol. The van der Waals surface area contributed by atoms with E-state index in [1.165, 1.54) is 0 Å². The number of aliphatic hydroxyl groups excluding tert-OH is 1. The van der Waals surface area contributed by atoms with Gasteiger partial charge in [-0.3, -0.25) is 24.4 Å². The number of hydrogen-bond donors (Lipinski definition) is 2. The van der Waals surface area contributed by atoms with Crippen LogP contribution in [0.2, 0.25) is 0 Å². The highest BCUT2D eigenvalue weighted by Gasteiger charge is 2.32. The highest BCUT2D eigenvalue weighted by Crippen LogP contribution is 2.34. The van der Waals surface area contributed by atoms with Crippen LogP contribution in [0.25, 0.3) is 10.9 Å². The number of β-amino-alcohol motifs (C(OH)–C–C–N with tert-alkyl or cyclic N) is 1. The van der Waals surface area contributed by atoms with Gasteiger partial charge in [0, 0.05) is 76.4 Å². The van der Waals surface area contributed by atoms with E-state index in [1.807, 2.05) is 30.3 Å². The first-order valence-electron chi connectivity index (χ1n) is 11.0. The predicted molar refractivity (Wildman–Crippen MR) is 120 cm³/mol. The number of Topliss-reactive ketones (excluding diaryl/α,β-unsaturated/α-hetero) is 2. The summed E-state index contributed by atoms with van der Waals surface area (Å²) < 4.78 is 0. The van der Waals surface area contributed by atoms with Crippen LogP contribution in [-0.4, -0.2) is 83.9 Å². The molecule has 0 spiro atoms. The standard InChI is InChI=1S/C24H30N4O3/c29-14-13-28-11-9-27(10-12-28)8-7-25-17-21-23(30)15-18(16-24(21)31)19-5-6-26-22-4-2-1-3-20(19)22/h1-6,17-18,25,29H,7-16H2. The normalized spacial score (nSPS) is 20.9. The number of ketones is 2. The molecule has 1 aliphatic heterocycles. The molecule has 0 radical (unpaired) electrons. The van der Waals surface area contributed by atoms with Crippen molar-refractivity contribution in [3.63, 3.8) is 0 Å². The van der Waals surface area contributed by atoms with Gasteiger partial charge in [-0.25, -0.2) is 0 Å². The number of carbonyl (C=O) groups is 2. The minimum Gasteiger partial charge on any atom is -0.395 e. The Morgan fingerprint density at radius 2 is 1.68 bits per heavy atom. The molecule has 7 heteroatoms. The maximum atomic E-state index is 12.7. The molecule has 31 heavy (non-hydrogen) atoms. The van der Waals surface area contributed by atoms with E-state index >= 15 is 0 Å². The van der Waals surface area contributed by atoms with Gasteiger partial charge < -0.3 is 10.4 Å². The van der Waals surface area contributed by atoms with Gasteiger partial charge in [-0.15, -0.1) is 0 Å². The summed E-state index contributed by atoms with van der Waals surface area (Å²) in [5.74, 6) is -0.278. The van der Waals surface area contributed by atoms with Crippen LogP contribution < -0.4 is 5.32 Å². The molecule has 0 bridgehead atoms. The fraction of sp³-hybridized carbons (Fsp3) is 0.458. The third-order valence-corrected chi connectivity index (χ3v) is 6.29. The number of pyridine rings is 1. The van der Waals surface area contributed by atoms with Crippen molar-refractivity contribution in [2.24, 2.45) is 0 Å². The lowest BCUT2D eigenvalue weighted by molar-refractivity contribution is -0.124. The molecular weight excluding hydrogens is 392 g/mol. The smallest absolute Gasteiger partial charge is 0.168 e. The number of benzene rings is 1. The first-order chi connectivity index (χ1) is 15.2. The summed E-state index contributed by atoms with van der Waals surface area (Å²) >= 11 is 0. The molecule has 7 nitrogen and oxygen atoms in total. The van der Waals surface area contributed by atoms with Crippen LogP contribution in [0.3, 0.4) is 0 Å². The van der Waals surface area contributed by atoms with Crippen molar-refractivity contribution < 1.29 is 14.7 Å². The Bertz CT molecular complexity index is 941. The van der Waals surface area contributed by atoms with Crippen LogP contribution in [0.1, 0.15) is 24.3 Å². The van der Waals surface area contributed by atoms with Crippen LogP contribution >= 0.6 is 0 Å². The Balaban J connectivity index is 1.31. The molecule has 164 valence electrons. The van der Waals surface area contributed by atoms with Gasteiger partial charge in [0.2, 0.25) is 0 Å². The zero-order valence-corrected chi connectivity index (χ0v) is 17.8. The van der Waals surface area contributed by atoms with Crippen molar-refractivity contribution in [1.82, 2.24) is 20.1 Å². The van der Waals surface area contributed by atoms with Crippen molar-refractivity contribution in [3.8, 4) is 0 Å². The average Bonchev–Trinajstić information content (AvgIpc) is 2.79. The van der Waals surface area contributed by atoms with E-state index in [1.54, 1.807) is 12.4 Å². The Morgan fingerprint density at radius 3 is 2.39 bits per heavy atom. The Kier molecular flexibility index (Phi) is 7.06. The maximum absolute atomic E-state index is 12.7. The number of piperazine rings is 1. The summed E-state index contributed by atoms with van der Waals surface area (Å²) in [5.41, 5.74) is 2.21. The van der Waals surface area contributed by atoms with Gasteiger partial charge in [0.15, 0.2) is 11.6 Å². The largest absolute Gasteiger partial charge is 0.395 e. The van der Waals surface area contributed by atoms with E-state index in [0.717, 1.165) is 55.7 Å². The van der Waals surface area contributed by atoms with E-state index in [-0.39, 0.29) is 24.1 Å². The van der Waals surface area contributed by atoms with Gasteiger partial charge in [-0.05, 0) is 23.6 Å². The molecule has 2 N–H and O–H groups in total. The summed E-state index contributed by atoms with van der Waals surface area (Å²) in [5, 5.41) is 13.2. The number of nitrogens with zero attached hydrogens (tertiary/aromatic N) is 3. The predicted octanol–water partition coefficient (Wildman–Crippen LogP) is 1.33. The van der Waals surface area contributed by atoms with Gasteiger partial charge in [0.1, 0.15) is 0 Å². The van der Waals surface area contributed by atoms with Crippen LogP contribution in [0.4, 0.5) is 0 Å². The number of fused-ring (bicyclic) bond motifs is 1. The maximum Gasteiger partial charge on any atom is 0.168 e. The zero-order chi connectivity index (χ0) is 21.6. The molecule has 2 aliphatic rings. The molecule has 1 saturated heterocycles. The Morgan fingerprint density at radius 1 is 1.00 bits per heavy atom. The lowest BCUT2D eigenvalue weighted by Crippen LogP contribution is -2.48. The van der Waals surface area contributed by atoms with Gasteiger partial charge in [-0.2, -0.15) is 0 Å². The zero-order valence-electron chi connectivity index (χ0n) is 17.8. The second kappa shape index (κ2) is 10.1. The van der Waals surface area contributed by atoms with Crippen molar-refractivity contribution in [2.75, 3.05) is 52.4 Å². The summed E-state index contributed by atoms with van der Waals surface area (Å²) in [4.78, 5) is 34.5. The summed E-state index contributed by atoms with van der Waals surface area (Å²) in [6.45, 7) is 6.37. The molecule has 2 aromatic rings. The number of allylic oxidation sites excluding steroid dienone is 1. The minimum atomic E-state index is -0.0970. The van der Waals surface area contributed by atoms with E-state index in [2.05, 4.69) is 20.1 Å². The molecule has 1 aromatic carbocycles. The third kappa shape index (κ3) is 5.18. The second-order valence-corrected chi connectivity index (χ2v) is 8.29. The van der Waals surface area contributed by atoms with Gasteiger partial charge in [-0.1, -0.05) is 18.2 Å². The topological polar surface area (TPSA) is 85.8 Å². The number of carbonyl (C=O) groups excluding carboxylic acids is 2. The van der Waals surface area contributed by atoms with Gasteiger partial charge in [0.05, 0.1) is 17.7 Å². The molecule has 1 aromatic heterocycles. The number of aromatic nitrogens is 1. The number of nitrogens with one attached hydrogen (secondary N) is 1. The Labute approximate surface area is 182 Å². The highest BCUT2D eigenvalue weighted by atomic mass is 16.3. The van der Waals surface area contributed by atoms with Crippen molar-refractivity contribution in [3.05, 3.63) is 53.9 Å². The van der Waals surface area contributed by atoms with Crippen LogP contribution in [0.15, 0.2) is 48.3 Å². The van der Waals surface area contributed by atoms with Crippen LogP contribution in [0, 0.1) is 0 Å². The van der Waals surface area contributed by atoms with Crippen molar-refractivity contribution >= 4 is 22.5 Å². The summed E-state index contributed by atoms with van der Waals surface area (Å²) in [6.07, 6.45) is 4.07. The van der Waals surface area contributed by atoms with E-state index in [9.17, 15) is 9.59 Å². The lowest BCUT2D eigenvalue weighted by atomic mass is 9.79. The summed E-state index contributed by atoms with van der Waals surface area (Å²) in [6, 6.07) is 9.79. The van der Waals surface area contributed by atoms with Crippen LogP contribution in [0.5, 0.6) is 0 Å². The SMILES string of the molecule is O=C1CC(c2ccnc3ccccc23)CC(=O)C1=CNCCN1CCN(CCO)CC1. The van der Waals surface area contributed by atoms with Gasteiger partial charge in [0.25, 0.3) is 0 Å². The summed E-state index contributed by atoms with van der Waals surface area (Å²) in [7, 11) is 0. The molecule has 2 fully saturated rings. The van der Waals surface area contributed by atoms with Crippen molar-refractivity contribution in [1.29, 1.82) is 0 Å². The molecule has 0 amide bonds. The number of aliphatic hydroxyl groups is 1. The quantitative estimate of drug-likeness (QED) is 0.396. The highest BCUT2D eigenvalue weighted by molar-refractivity contribution is 6.22. The first-order valence-corrected chi connectivity index (χ1v) is 11.0. The number of rotatable bonds is 7. The monoisotopic (exact) mass is 422 g/mol. The van der Waals surface area contributed by atoms with Crippen molar-refractivity contribution in [2.45, 2.75) is 18.8 Å². The molecule has 1 aliphatic carbocycles. The molecule has 1 saturated carbocycles. The first kappa shape index (κ1) is 21.6. The molecule has 0 atom stereocenters. The van der Waals surface area contributed by atoms with Gasteiger partial charge >= 0.3 is 0 Å². The fourth-order valence-corrected chi connectivity index (χ4v) is 4.52. The third-order valence-electron chi connectivity index (χ3n) is 6.29. The van der Waals surface area contributed by atoms with Crippen LogP contribution in [-0.2, 0) is 9.59 Å². The molecular formula is C24H30N4O3. The Hall–Kier alpha value is -2.61. The number of para-hydroxylation sites is 1. The molecule has 4 rings (SSSR count). The fourth-order valence-electron chi connectivity index (χ4n) is 4.52. The lowest BCUT2D eigenvalue weighted by Gasteiger charge is -2.34. The molecule has 0 unspecified atom stereocenters.